The number of amides is 1. The van der Waals surface area contributed by atoms with Crippen molar-refractivity contribution in [3.8, 4) is 0 Å². The van der Waals surface area contributed by atoms with Gasteiger partial charge in [-0.15, -0.1) is 0 Å². The van der Waals surface area contributed by atoms with Gasteiger partial charge in [0.15, 0.2) is 0 Å². The van der Waals surface area contributed by atoms with Crippen LogP contribution in [0.15, 0.2) is 12.4 Å². The van der Waals surface area contributed by atoms with Crippen LogP contribution in [0.25, 0.3) is 0 Å². The van der Waals surface area contributed by atoms with Gasteiger partial charge in [-0.2, -0.15) is 0 Å². The first-order valence-electron chi connectivity index (χ1n) is 6.01. The Labute approximate surface area is 101 Å². The van der Waals surface area contributed by atoms with E-state index in [-0.39, 0.29) is 11.9 Å². The third-order valence-electron chi connectivity index (χ3n) is 2.96. The van der Waals surface area contributed by atoms with Crippen LogP contribution in [0.1, 0.15) is 25.5 Å². The third-order valence-corrected chi connectivity index (χ3v) is 2.96. The lowest BCUT2D eigenvalue weighted by atomic mass is 10.3. The first-order chi connectivity index (χ1) is 8.16. The molecule has 1 atom stereocenters. The maximum Gasteiger partial charge on any atom is 0.244 e. The number of likely N-dealkylation sites (tertiary alicyclic amines) is 1. The van der Waals surface area contributed by atoms with E-state index in [0.29, 0.717) is 5.82 Å². The standard InChI is InChI=1S/C12H18N4O/c1-9-7-11(14-8-13-9)15-10(2)12(17)16-5-3-4-6-16/h7-8,10H,3-6H2,1-2H3,(H,13,14,15). The minimum atomic E-state index is -0.234. The Balaban J connectivity index is 1.96. The average molecular weight is 234 g/mol. The van der Waals surface area contributed by atoms with Crippen molar-refractivity contribution in [2.24, 2.45) is 0 Å². The highest BCUT2D eigenvalue weighted by molar-refractivity contribution is 5.84. The molecular weight excluding hydrogens is 216 g/mol. The number of nitrogens with one attached hydrogen (secondary N) is 1. The zero-order chi connectivity index (χ0) is 12.3. The first kappa shape index (κ1) is 11.8. The maximum atomic E-state index is 12.1. The summed E-state index contributed by atoms with van der Waals surface area (Å²) in [5.74, 6) is 0.858. The second kappa shape index (κ2) is 5.12. The molecule has 0 spiro atoms. The van der Waals surface area contributed by atoms with Gasteiger partial charge in [0, 0.05) is 24.8 Å². The van der Waals surface area contributed by atoms with Gasteiger partial charge in [0.1, 0.15) is 18.2 Å². The molecule has 0 saturated carbocycles. The summed E-state index contributed by atoms with van der Waals surface area (Å²) < 4.78 is 0. The predicted molar refractivity (Wildman–Crippen MR) is 65.7 cm³/mol. The van der Waals surface area contributed by atoms with Gasteiger partial charge in [0.05, 0.1) is 0 Å². The molecule has 1 aliphatic heterocycles. The van der Waals surface area contributed by atoms with Crippen LogP contribution in [0.3, 0.4) is 0 Å². The van der Waals surface area contributed by atoms with Crippen molar-refractivity contribution in [1.29, 1.82) is 0 Å². The van der Waals surface area contributed by atoms with Crippen molar-refractivity contribution in [1.82, 2.24) is 14.9 Å². The number of aromatic nitrogens is 2. The monoisotopic (exact) mass is 234 g/mol. The van der Waals surface area contributed by atoms with Gasteiger partial charge < -0.3 is 10.2 Å². The SMILES string of the molecule is Cc1cc(NC(C)C(=O)N2CCCC2)ncn1. The van der Waals surface area contributed by atoms with Crippen molar-refractivity contribution in [2.75, 3.05) is 18.4 Å². The molecule has 2 heterocycles. The minimum Gasteiger partial charge on any atom is -0.359 e. The van der Waals surface area contributed by atoms with E-state index < -0.39 is 0 Å². The number of nitrogens with zero attached hydrogens (tertiary/aromatic N) is 3. The van der Waals surface area contributed by atoms with E-state index in [1.807, 2.05) is 24.8 Å². The lowest BCUT2D eigenvalue weighted by Crippen LogP contribution is -2.39. The molecule has 0 aliphatic carbocycles. The lowest BCUT2D eigenvalue weighted by molar-refractivity contribution is -0.130. The van der Waals surface area contributed by atoms with Crippen molar-refractivity contribution >= 4 is 11.7 Å². The fourth-order valence-corrected chi connectivity index (χ4v) is 2.03. The smallest absolute Gasteiger partial charge is 0.244 e. The average Bonchev–Trinajstić information content (AvgIpc) is 2.81. The Morgan fingerprint density at radius 1 is 1.41 bits per heavy atom. The van der Waals surface area contributed by atoms with Gasteiger partial charge in [-0.05, 0) is 26.7 Å². The molecule has 0 bridgehead atoms. The fourth-order valence-electron chi connectivity index (χ4n) is 2.03. The molecule has 5 heteroatoms. The molecule has 1 aromatic heterocycles. The van der Waals surface area contributed by atoms with E-state index in [2.05, 4.69) is 15.3 Å². The number of hydrogen-bond acceptors (Lipinski definition) is 4. The molecule has 1 fully saturated rings. The third kappa shape index (κ3) is 2.93. The summed E-state index contributed by atoms with van der Waals surface area (Å²) in [4.78, 5) is 22.1. The molecule has 1 N–H and O–H groups in total. The second-order valence-electron chi connectivity index (χ2n) is 4.44. The van der Waals surface area contributed by atoms with E-state index in [1.165, 1.54) is 6.33 Å². The highest BCUT2D eigenvalue weighted by Gasteiger charge is 2.23. The quantitative estimate of drug-likeness (QED) is 0.854. The molecule has 1 amide bonds. The molecule has 92 valence electrons. The molecule has 1 aliphatic rings. The Bertz CT molecular complexity index is 401. The zero-order valence-corrected chi connectivity index (χ0v) is 10.3. The maximum absolute atomic E-state index is 12.1. The summed E-state index contributed by atoms with van der Waals surface area (Å²) in [5.41, 5.74) is 0.892. The summed E-state index contributed by atoms with van der Waals surface area (Å²) in [6.45, 7) is 5.54. The Hall–Kier alpha value is -1.65. The molecule has 2 rings (SSSR count). The predicted octanol–water partition coefficient (Wildman–Crippen LogP) is 1.21. The van der Waals surface area contributed by atoms with Crippen LogP contribution < -0.4 is 5.32 Å². The van der Waals surface area contributed by atoms with Crippen molar-refractivity contribution in [3.05, 3.63) is 18.1 Å². The highest BCUT2D eigenvalue weighted by Crippen LogP contribution is 2.11. The summed E-state index contributed by atoms with van der Waals surface area (Å²) >= 11 is 0. The van der Waals surface area contributed by atoms with Gasteiger partial charge >= 0.3 is 0 Å². The van der Waals surface area contributed by atoms with Crippen LogP contribution in [0.4, 0.5) is 5.82 Å². The van der Waals surface area contributed by atoms with Crippen LogP contribution >= 0.6 is 0 Å². The van der Waals surface area contributed by atoms with Gasteiger partial charge in [-0.1, -0.05) is 0 Å². The van der Waals surface area contributed by atoms with Crippen molar-refractivity contribution in [2.45, 2.75) is 32.7 Å². The van der Waals surface area contributed by atoms with Crippen molar-refractivity contribution < 1.29 is 4.79 Å². The van der Waals surface area contributed by atoms with E-state index in [9.17, 15) is 4.79 Å². The van der Waals surface area contributed by atoms with Crippen LogP contribution in [0.5, 0.6) is 0 Å². The summed E-state index contributed by atoms with van der Waals surface area (Å²) in [6, 6.07) is 1.61. The Morgan fingerprint density at radius 3 is 2.76 bits per heavy atom. The van der Waals surface area contributed by atoms with Crippen LogP contribution in [-0.4, -0.2) is 39.9 Å². The summed E-state index contributed by atoms with van der Waals surface area (Å²) in [5, 5.41) is 3.12. The van der Waals surface area contributed by atoms with E-state index >= 15 is 0 Å². The zero-order valence-electron chi connectivity index (χ0n) is 10.3. The van der Waals surface area contributed by atoms with Gasteiger partial charge in [-0.25, -0.2) is 9.97 Å². The lowest BCUT2D eigenvalue weighted by Gasteiger charge is -2.21. The molecule has 17 heavy (non-hydrogen) atoms. The van der Waals surface area contributed by atoms with E-state index in [1.54, 1.807) is 0 Å². The van der Waals surface area contributed by atoms with E-state index in [0.717, 1.165) is 31.6 Å². The van der Waals surface area contributed by atoms with E-state index in [4.69, 9.17) is 0 Å². The highest BCUT2D eigenvalue weighted by atomic mass is 16.2. The molecule has 0 radical (unpaired) electrons. The first-order valence-corrected chi connectivity index (χ1v) is 6.01. The molecular formula is C12H18N4O. The molecule has 1 aromatic rings. The summed E-state index contributed by atoms with van der Waals surface area (Å²) in [6.07, 6.45) is 3.74. The summed E-state index contributed by atoms with van der Waals surface area (Å²) in [7, 11) is 0. The van der Waals surface area contributed by atoms with Crippen LogP contribution in [0, 0.1) is 6.92 Å². The Morgan fingerprint density at radius 2 is 2.12 bits per heavy atom. The molecule has 0 aromatic carbocycles. The Kier molecular flexibility index (Phi) is 3.56. The number of anilines is 1. The molecule has 5 nitrogen and oxygen atoms in total. The second-order valence-corrected chi connectivity index (χ2v) is 4.44. The van der Waals surface area contributed by atoms with Crippen LogP contribution in [0.2, 0.25) is 0 Å². The number of rotatable bonds is 3. The number of carbonyl (C=O) groups excluding carboxylic acids is 1. The number of hydrogen-bond donors (Lipinski definition) is 1. The normalized spacial score (nSPS) is 16.9. The largest absolute Gasteiger partial charge is 0.359 e. The molecule has 1 unspecified atom stereocenters. The van der Waals surface area contributed by atoms with Gasteiger partial charge in [-0.3, -0.25) is 4.79 Å². The van der Waals surface area contributed by atoms with Crippen molar-refractivity contribution in [3.63, 3.8) is 0 Å². The number of aryl methyl sites for hydroxylation is 1. The van der Waals surface area contributed by atoms with Gasteiger partial charge in [0.2, 0.25) is 5.91 Å². The van der Waals surface area contributed by atoms with Crippen LogP contribution in [-0.2, 0) is 4.79 Å². The fraction of sp³-hybridized carbons (Fsp3) is 0.583. The minimum absolute atomic E-state index is 0.152. The molecule has 1 saturated heterocycles. The van der Waals surface area contributed by atoms with Gasteiger partial charge in [0.25, 0.3) is 0 Å². The topological polar surface area (TPSA) is 58.1 Å². The number of carbonyl (C=O) groups is 1.